The van der Waals surface area contributed by atoms with Gasteiger partial charge in [-0.2, -0.15) is 15.3 Å². The number of anilines is 1. The van der Waals surface area contributed by atoms with Gasteiger partial charge in [0.15, 0.2) is 5.65 Å². The van der Waals surface area contributed by atoms with E-state index in [0.29, 0.717) is 23.1 Å². The molecule has 20 heavy (non-hydrogen) atoms. The van der Waals surface area contributed by atoms with E-state index >= 15 is 0 Å². The summed E-state index contributed by atoms with van der Waals surface area (Å²) < 4.78 is 1.68. The molecule has 0 unspecified atom stereocenters. The molecule has 0 aliphatic rings. The molecule has 0 fully saturated rings. The summed E-state index contributed by atoms with van der Waals surface area (Å²) in [4.78, 5) is 8.04. The van der Waals surface area contributed by atoms with Crippen molar-refractivity contribution in [2.75, 3.05) is 5.73 Å². The quantitative estimate of drug-likeness (QED) is 0.726. The number of aromatic nitrogens is 4. The second-order valence-corrected chi connectivity index (χ2v) is 4.58. The van der Waals surface area contributed by atoms with Crippen molar-refractivity contribution in [2.24, 2.45) is 0 Å². The summed E-state index contributed by atoms with van der Waals surface area (Å²) in [6.45, 7) is 0.478. The number of nitrogens with two attached hydrogens (primary N) is 1. The molecule has 0 saturated carbocycles. The van der Waals surface area contributed by atoms with Crippen molar-refractivity contribution in [1.29, 1.82) is 5.26 Å². The normalized spacial score (nSPS) is 10.6. The van der Waals surface area contributed by atoms with Crippen LogP contribution in [0.1, 0.15) is 11.1 Å². The summed E-state index contributed by atoms with van der Waals surface area (Å²) in [5, 5.41) is 14.1. The lowest BCUT2D eigenvalue weighted by molar-refractivity contribution is 0.704. The summed E-state index contributed by atoms with van der Waals surface area (Å²) in [6, 6.07) is 9.41. The first-order chi connectivity index (χ1) is 9.67. The molecule has 0 spiro atoms. The molecular formula is C13H9ClN6. The first-order valence-corrected chi connectivity index (χ1v) is 6.19. The summed E-state index contributed by atoms with van der Waals surface area (Å²) >= 11 is 6.00. The van der Waals surface area contributed by atoms with Crippen LogP contribution < -0.4 is 5.73 Å². The first kappa shape index (κ1) is 12.4. The molecule has 7 heteroatoms. The fourth-order valence-electron chi connectivity index (χ4n) is 1.96. The van der Waals surface area contributed by atoms with Crippen LogP contribution in [0.4, 0.5) is 5.95 Å². The molecule has 3 rings (SSSR count). The second kappa shape index (κ2) is 4.79. The van der Waals surface area contributed by atoms with Gasteiger partial charge in [0, 0.05) is 0 Å². The molecule has 2 heterocycles. The van der Waals surface area contributed by atoms with E-state index in [9.17, 15) is 0 Å². The highest BCUT2D eigenvalue weighted by Gasteiger charge is 2.10. The minimum atomic E-state index is 0.107. The largest absolute Gasteiger partial charge is 0.368 e. The molecular weight excluding hydrogens is 276 g/mol. The Kier molecular flexibility index (Phi) is 2.97. The molecule has 98 valence electrons. The van der Waals surface area contributed by atoms with Gasteiger partial charge in [0.05, 0.1) is 29.8 Å². The van der Waals surface area contributed by atoms with Crippen LogP contribution in [0.2, 0.25) is 5.15 Å². The van der Waals surface area contributed by atoms with Crippen LogP contribution in [0.5, 0.6) is 0 Å². The molecule has 0 aliphatic heterocycles. The maximum Gasteiger partial charge on any atom is 0.223 e. The summed E-state index contributed by atoms with van der Waals surface area (Å²) in [6.07, 6.45) is 1.60. The Bertz CT molecular complexity index is 832. The third-order valence-electron chi connectivity index (χ3n) is 2.86. The molecule has 6 nitrogen and oxygen atoms in total. The molecule has 0 radical (unpaired) electrons. The number of benzene rings is 1. The average Bonchev–Trinajstić information content (AvgIpc) is 2.82. The Morgan fingerprint density at radius 1 is 1.35 bits per heavy atom. The second-order valence-electron chi connectivity index (χ2n) is 4.22. The van der Waals surface area contributed by atoms with Gasteiger partial charge < -0.3 is 5.73 Å². The van der Waals surface area contributed by atoms with Crippen LogP contribution in [0, 0.1) is 11.3 Å². The number of nitriles is 1. The lowest BCUT2D eigenvalue weighted by atomic mass is 10.1. The van der Waals surface area contributed by atoms with Gasteiger partial charge in [-0.3, -0.25) is 0 Å². The van der Waals surface area contributed by atoms with Crippen molar-refractivity contribution < 1.29 is 0 Å². The zero-order chi connectivity index (χ0) is 14.1. The Labute approximate surface area is 119 Å². The zero-order valence-corrected chi connectivity index (χ0v) is 11.0. The molecule has 1 aromatic carbocycles. The van der Waals surface area contributed by atoms with Crippen molar-refractivity contribution in [2.45, 2.75) is 6.54 Å². The third kappa shape index (κ3) is 2.15. The number of rotatable bonds is 2. The average molecular weight is 285 g/mol. The highest BCUT2D eigenvalue weighted by atomic mass is 35.5. The molecule has 3 aromatic rings. The number of hydrogen-bond donors (Lipinski definition) is 1. The standard InChI is InChI=1S/C13H9ClN6/c14-11-10-6-17-20(12(10)19-13(16)18-11)7-9-3-1-2-8(4-9)5-15/h1-4,6H,7H2,(H2,16,18,19). The molecule has 0 bridgehead atoms. The lowest BCUT2D eigenvalue weighted by Crippen LogP contribution is -2.04. The van der Waals surface area contributed by atoms with Crippen molar-refractivity contribution in [3.05, 3.63) is 46.7 Å². The lowest BCUT2D eigenvalue weighted by Gasteiger charge is -2.04. The van der Waals surface area contributed by atoms with E-state index in [1.54, 1.807) is 23.0 Å². The van der Waals surface area contributed by atoms with E-state index in [1.165, 1.54) is 0 Å². The number of fused-ring (bicyclic) bond motifs is 1. The van der Waals surface area contributed by atoms with Crippen molar-refractivity contribution in [3.8, 4) is 6.07 Å². The van der Waals surface area contributed by atoms with Gasteiger partial charge in [0.25, 0.3) is 0 Å². The number of nitrogens with zero attached hydrogens (tertiary/aromatic N) is 5. The Morgan fingerprint density at radius 3 is 3.00 bits per heavy atom. The fraction of sp³-hybridized carbons (Fsp3) is 0.0769. The molecule has 0 atom stereocenters. The Balaban J connectivity index is 2.05. The molecule has 0 saturated heterocycles. The van der Waals surface area contributed by atoms with Gasteiger partial charge in [-0.15, -0.1) is 0 Å². The van der Waals surface area contributed by atoms with Gasteiger partial charge in [-0.1, -0.05) is 23.7 Å². The monoisotopic (exact) mass is 284 g/mol. The van der Waals surface area contributed by atoms with E-state index in [0.717, 1.165) is 5.56 Å². The smallest absolute Gasteiger partial charge is 0.223 e. The van der Waals surface area contributed by atoms with Crippen molar-refractivity contribution in [1.82, 2.24) is 19.7 Å². The van der Waals surface area contributed by atoms with E-state index in [1.807, 2.05) is 12.1 Å². The highest BCUT2D eigenvalue weighted by Crippen LogP contribution is 2.21. The van der Waals surface area contributed by atoms with Crippen LogP contribution >= 0.6 is 11.6 Å². The molecule has 2 N–H and O–H groups in total. The van der Waals surface area contributed by atoms with Crippen LogP contribution in [-0.2, 0) is 6.54 Å². The van der Waals surface area contributed by atoms with E-state index in [-0.39, 0.29) is 11.1 Å². The molecule has 0 amide bonds. The summed E-state index contributed by atoms with van der Waals surface area (Å²) in [7, 11) is 0. The maximum atomic E-state index is 8.91. The highest BCUT2D eigenvalue weighted by molar-refractivity contribution is 6.34. The van der Waals surface area contributed by atoms with Gasteiger partial charge in [0.2, 0.25) is 5.95 Å². The van der Waals surface area contributed by atoms with Crippen molar-refractivity contribution >= 4 is 28.6 Å². The molecule has 0 aliphatic carbocycles. The van der Waals surface area contributed by atoms with Gasteiger partial charge in [0.1, 0.15) is 5.15 Å². The van der Waals surface area contributed by atoms with Crippen LogP contribution in [-0.4, -0.2) is 19.7 Å². The van der Waals surface area contributed by atoms with E-state index in [2.05, 4.69) is 21.1 Å². The maximum absolute atomic E-state index is 8.91. The number of hydrogen-bond acceptors (Lipinski definition) is 5. The first-order valence-electron chi connectivity index (χ1n) is 5.81. The van der Waals surface area contributed by atoms with Crippen LogP contribution in [0.25, 0.3) is 11.0 Å². The van der Waals surface area contributed by atoms with Gasteiger partial charge >= 0.3 is 0 Å². The topological polar surface area (TPSA) is 93.4 Å². The third-order valence-corrected chi connectivity index (χ3v) is 3.14. The minimum Gasteiger partial charge on any atom is -0.368 e. The number of halogens is 1. The molecule has 2 aromatic heterocycles. The van der Waals surface area contributed by atoms with Crippen LogP contribution in [0.15, 0.2) is 30.5 Å². The minimum absolute atomic E-state index is 0.107. The Hall–Kier alpha value is -2.65. The fourth-order valence-corrected chi connectivity index (χ4v) is 2.18. The predicted molar refractivity (Wildman–Crippen MR) is 75.0 cm³/mol. The zero-order valence-electron chi connectivity index (χ0n) is 10.3. The summed E-state index contributed by atoms with van der Waals surface area (Å²) in [5.74, 6) is 0.107. The SMILES string of the molecule is N#Cc1cccc(Cn2ncc3c(Cl)nc(N)nc32)c1. The number of nitrogen functional groups attached to an aromatic ring is 1. The Morgan fingerprint density at radius 2 is 2.20 bits per heavy atom. The van der Waals surface area contributed by atoms with Crippen LogP contribution in [0.3, 0.4) is 0 Å². The predicted octanol–water partition coefficient (Wildman–Crippen LogP) is 1.98. The van der Waals surface area contributed by atoms with Gasteiger partial charge in [-0.25, -0.2) is 9.67 Å². The van der Waals surface area contributed by atoms with E-state index in [4.69, 9.17) is 22.6 Å². The van der Waals surface area contributed by atoms with Gasteiger partial charge in [-0.05, 0) is 17.7 Å². The van der Waals surface area contributed by atoms with E-state index < -0.39 is 0 Å². The summed E-state index contributed by atoms with van der Waals surface area (Å²) in [5.41, 5.74) is 7.72. The van der Waals surface area contributed by atoms with Crippen molar-refractivity contribution in [3.63, 3.8) is 0 Å².